The molecule has 1 saturated heterocycles. The zero-order valence-corrected chi connectivity index (χ0v) is 11.3. The Kier molecular flexibility index (Phi) is 3.54. The molecule has 1 fully saturated rings. The maximum atomic E-state index is 11.7. The average Bonchev–Trinajstić information content (AvgIpc) is 2.33. The molecule has 2 rings (SSSR count). The lowest BCUT2D eigenvalue weighted by Gasteiger charge is -2.34. The monoisotopic (exact) mass is 297 g/mol. The van der Waals surface area contributed by atoms with E-state index in [1.165, 1.54) is 17.0 Å². The summed E-state index contributed by atoms with van der Waals surface area (Å²) in [6, 6.07) is 1.91. The van der Waals surface area contributed by atoms with E-state index in [9.17, 15) is 19.5 Å². The quantitative estimate of drug-likeness (QED) is 0.540. The summed E-state index contributed by atoms with van der Waals surface area (Å²) in [7, 11) is 0. The van der Waals surface area contributed by atoms with Gasteiger partial charge in [0.1, 0.15) is 6.04 Å². The first kappa shape index (κ1) is 14.1. The minimum atomic E-state index is -1.24. The molecular weight excluding hydrogens is 286 g/mol. The lowest BCUT2D eigenvalue weighted by Crippen LogP contribution is -2.57. The van der Waals surface area contributed by atoms with Gasteiger partial charge in [-0.05, 0) is 19.1 Å². The number of carbonyl (C=O) groups excluding carboxylic acids is 2. The number of halogens is 1. The van der Waals surface area contributed by atoms with Crippen LogP contribution < -0.4 is 16.0 Å². The van der Waals surface area contributed by atoms with Crippen molar-refractivity contribution < 1.29 is 19.5 Å². The van der Waals surface area contributed by atoms with Gasteiger partial charge in [-0.1, -0.05) is 11.6 Å². The molecule has 0 saturated carbocycles. The maximum Gasteiger partial charge on any atom is 0.337 e. The van der Waals surface area contributed by atoms with Crippen molar-refractivity contribution in [3.05, 3.63) is 22.7 Å². The van der Waals surface area contributed by atoms with Crippen LogP contribution in [0.15, 0.2) is 12.1 Å². The highest BCUT2D eigenvalue weighted by Gasteiger charge is 2.34. The van der Waals surface area contributed by atoms with Crippen molar-refractivity contribution in [3.63, 3.8) is 0 Å². The molecule has 1 aromatic carbocycles. The van der Waals surface area contributed by atoms with Gasteiger partial charge < -0.3 is 15.7 Å². The van der Waals surface area contributed by atoms with E-state index in [2.05, 4.69) is 5.32 Å². The Balaban J connectivity index is 2.59. The van der Waals surface area contributed by atoms with Gasteiger partial charge in [0.05, 0.1) is 22.8 Å². The fourth-order valence-electron chi connectivity index (χ4n) is 2.06. The number of nitrogens with zero attached hydrogens (tertiary/aromatic N) is 1. The Labute approximate surface area is 119 Å². The zero-order valence-electron chi connectivity index (χ0n) is 10.5. The van der Waals surface area contributed by atoms with E-state index in [0.29, 0.717) is 0 Å². The summed E-state index contributed by atoms with van der Waals surface area (Å²) in [5, 5.41) is 11.5. The fourth-order valence-corrected chi connectivity index (χ4v) is 2.40. The molecule has 2 amide bonds. The normalized spacial score (nSPS) is 18.9. The number of anilines is 2. The number of amides is 2. The number of benzene rings is 1. The highest BCUT2D eigenvalue weighted by Crippen LogP contribution is 2.34. The smallest absolute Gasteiger partial charge is 0.337 e. The van der Waals surface area contributed by atoms with Gasteiger partial charge in [0.2, 0.25) is 11.8 Å². The van der Waals surface area contributed by atoms with E-state index >= 15 is 0 Å². The van der Waals surface area contributed by atoms with Gasteiger partial charge in [-0.3, -0.25) is 14.9 Å². The van der Waals surface area contributed by atoms with Crippen LogP contribution in [0.5, 0.6) is 0 Å². The highest BCUT2D eigenvalue weighted by molar-refractivity contribution is 6.34. The molecule has 0 aromatic heterocycles. The number of rotatable bonds is 2. The third-order valence-electron chi connectivity index (χ3n) is 3.03. The van der Waals surface area contributed by atoms with E-state index in [-0.39, 0.29) is 28.5 Å². The summed E-state index contributed by atoms with van der Waals surface area (Å²) in [4.78, 5) is 35.8. The number of nitrogen functional groups attached to an aromatic ring is 1. The SMILES string of the molecule is CC1C(=O)NC(=O)CN1c1c(Cl)cc(N)cc1C(=O)O. The van der Waals surface area contributed by atoms with E-state index in [1.807, 2.05) is 0 Å². The standard InChI is InChI=1S/C12H12ClN3O4/c1-5-11(18)15-9(17)4-16(5)10-7(12(19)20)2-6(14)3-8(10)13/h2-3,5H,4,14H2,1H3,(H,19,20)(H,15,17,18). The molecule has 106 valence electrons. The summed E-state index contributed by atoms with van der Waals surface area (Å²) < 4.78 is 0. The number of carboxylic acid groups (broad SMARTS) is 1. The number of carboxylic acids is 1. The van der Waals surface area contributed by atoms with Gasteiger partial charge >= 0.3 is 5.97 Å². The largest absolute Gasteiger partial charge is 0.478 e. The van der Waals surface area contributed by atoms with Crippen molar-refractivity contribution in [2.45, 2.75) is 13.0 Å². The lowest BCUT2D eigenvalue weighted by atomic mass is 10.1. The van der Waals surface area contributed by atoms with Gasteiger partial charge in [-0.15, -0.1) is 0 Å². The van der Waals surface area contributed by atoms with Gasteiger partial charge in [-0.25, -0.2) is 4.79 Å². The Morgan fingerprint density at radius 1 is 1.50 bits per heavy atom. The van der Waals surface area contributed by atoms with Crippen LogP contribution in [0, 0.1) is 0 Å². The molecule has 0 radical (unpaired) electrons. The second kappa shape index (κ2) is 5.01. The molecular formula is C12H12ClN3O4. The van der Waals surface area contributed by atoms with Crippen molar-refractivity contribution in [2.24, 2.45) is 0 Å². The molecule has 4 N–H and O–H groups in total. The van der Waals surface area contributed by atoms with Gasteiger partial charge in [-0.2, -0.15) is 0 Å². The molecule has 1 aromatic rings. The molecule has 1 aliphatic rings. The molecule has 0 aliphatic carbocycles. The van der Waals surface area contributed by atoms with Crippen LogP contribution >= 0.6 is 11.6 Å². The minimum absolute atomic E-state index is 0.0803. The molecule has 7 nitrogen and oxygen atoms in total. The molecule has 1 aliphatic heterocycles. The second-order valence-electron chi connectivity index (χ2n) is 4.42. The van der Waals surface area contributed by atoms with Gasteiger partial charge in [0.25, 0.3) is 0 Å². The van der Waals surface area contributed by atoms with Crippen molar-refractivity contribution >= 4 is 40.8 Å². The molecule has 0 bridgehead atoms. The van der Waals surface area contributed by atoms with E-state index in [4.69, 9.17) is 17.3 Å². The van der Waals surface area contributed by atoms with Gasteiger partial charge in [0, 0.05) is 5.69 Å². The highest BCUT2D eigenvalue weighted by atomic mass is 35.5. The number of nitrogens with two attached hydrogens (primary N) is 1. The van der Waals surface area contributed by atoms with Crippen LogP contribution in [0.4, 0.5) is 11.4 Å². The zero-order chi connectivity index (χ0) is 15.0. The molecule has 1 heterocycles. The summed E-state index contributed by atoms with van der Waals surface area (Å²) in [6.07, 6.45) is 0. The maximum absolute atomic E-state index is 11.7. The molecule has 1 unspecified atom stereocenters. The first-order chi connectivity index (χ1) is 9.31. The van der Waals surface area contributed by atoms with Crippen LogP contribution in [0.25, 0.3) is 0 Å². The number of piperazine rings is 1. The number of nitrogens with one attached hydrogen (secondary N) is 1. The number of hydrogen-bond acceptors (Lipinski definition) is 5. The van der Waals surface area contributed by atoms with E-state index in [0.717, 1.165) is 0 Å². The van der Waals surface area contributed by atoms with Crippen LogP contribution in [0.1, 0.15) is 17.3 Å². The Morgan fingerprint density at radius 2 is 2.15 bits per heavy atom. The van der Waals surface area contributed by atoms with Gasteiger partial charge in [0.15, 0.2) is 0 Å². The van der Waals surface area contributed by atoms with Crippen LogP contribution in [-0.2, 0) is 9.59 Å². The molecule has 1 atom stereocenters. The molecule has 0 spiro atoms. The number of hydrogen-bond donors (Lipinski definition) is 3. The predicted molar refractivity (Wildman–Crippen MR) is 72.8 cm³/mol. The Hall–Kier alpha value is -2.28. The minimum Gasteiger partial charge on any atom is -0.478 e. The van der Waals surface area contributed by atoms with Crippen molar-refractivity contribution in [1.82, 2.24) is 5.32 Å². The lowest BCUT2D eigenvalue weighted by molar-refractivity contribution is -0.132. The number of imide groups is 1. The van der Waals surface area contributed by atoms with E-state index < -0.39 is 23.8 Å². The van der Waals surface area contributed by atoms with Crippen molar-refractivity contribution in [2.75, 3.05) is 17.2 Å². The third-order valence-corrected chi connectivity index (χ3v) is 3.31. The second-order valence-corrected chi connectivity index (χ2v) is 4.83. The summed E-state index contributed by atoms with van der Waals surface area (Å²) >= 11 is 6.04. The first-order valence-electron chi connectivity index (χ1n) is 5.74. The van der Waals surface area contributed by atoms with Crippen LogP contribution in [0.3, 0.4) is 0 Å². The topological polar surface area (TPSA) is 113 Å². The van der Waals surface area contributed by atoms with Crippen molar-refractivity contribution in [3.8, 4) is 0 Å². The summed E-state index contributed by atoms with van der Waals surface area (Å²) in [5.41, 5.74) is 5.73. The van der Waals surface area contributed by atoms with Crippen molar-refractivity contribution in [1.29, 1.82) is 0 Å². The summed E-state index contributed by atoms with van der Waals surface area (Å²) in [5.74, 6) is -2.26. The van der Waals surface area contributed by atoms with E-state index in [1.54, 1.807) is 6.92 Å². The van der Waals surface area contributed by atoms with Crippen LogP contribution in [0.2, 0.25) is 5.02 Å². The Bertz CT molecular complexity index is 617. The fraction of sp³-hybridized carbons (Fsp3) is 0.250. The number of carbonyl (C=O) groups is 3. The molecule has 8 heteroatoms. The number of aromatic carboxylic acids is 1. The van der Waals surface area contributed by atoms with Crippen LogP contribution in [-0.4, -0.2) is 35.5 Å². The summed E-state index contributed by atoms with van der Waals surface area (Å²) in [6.45, 7) is 1.40. The molecule has 20 heavy (non-hydrogen) atoms. The Morgan fingerprint density at radius 3 is 2.75 bits per heavy atom. The average molecular weight is 298 g/mol. The predicted octanol–water partition coefficient (Wildman–Crippen LogP) is 0.472. The first-order valence-corrected chi connectivity index (χ1v) is 6.11. The third kappa shape index (κ3) is 2.39.